The average Bonchev–Trinajstić information content (AvgIpc) is 2.68. The largest absolute Gasteiger partial charge is 0.352 e. The van der Waals surface area contributed by atoms with Gasteiger partial charge in [-0.1, -0.05) is 0 Å². The first-order valence-corrected chi connectivity index (χ1v) is 6.58. The van der Waals surface area contributed by atoms with Crippen LogP contribution in [0, 0.1) is 0 Å². The van der Waals surface area contributed by atoms with E-state index in [9.17, 15) is 4.79 Å². The van der Waals surface area contributed by atoms with Crippen LogP contribution in [0.15, 0.2) is 17.2 Å². The van der Waals surface area contributed by atoms with E-state index in [1.165, 1.54) is 30.0 Å². The fourth-order valence-electron chi connectivity index (χ4n) is 2.23. The van der Waals surface area contributed by atoms with Crippen molar-refractivity contribution in [3.8, 4) is 0 Å². The number of H-pyrrole nitrogens is 1. The molecular weight excluding hydrogens is 254 g/mol. The second-order valence-corrected chi connectivity index (χ2v) is 4.85. The minimum absolute atomic E-state index is 0.267. The first kappa shape index (κ1) is 11.5. The molecule has 1 saturated carbocycles. The van der Waals surface area contributed by atoms with Gasteiger partial charge in [-0.2, -0.15) is 5.10 Å². The molecule has 0 aliphatic heterocycles. The van der Waals surface area contributed by atoms with Crippen LogP contribution in [0.3, 0.4) is 0 Å². The fourth-order valence-corrected chi connectivity index (χ4v) is 2.41. The van der Waals surface area contributed by atoms with Crippen LogP contribution in [0.25, 0.3) is 5.65 Å². The zero-order chi connectivity index (χ0) is 12.5. The van der Waals surface area contributed by atoms with Gasteiger partial charge in [0.2, 0.25) is 0 Å². The molecule has 0 amide bonds. The molecule has 0 saturated heterocycles. The quantitative estimate of drug-likeness (QED) is 0.840. The smallest absolute Gasteiger partial charge is 0.348 e. The Bertz CT molecular complexity index is 603. The zero-order valence-corrected chi connectivity index (χ0v) is 10.6. The number of rotatable bonds is 4. The summed E-state index contributed by atoms with van der Waals surface area (Å²) in [5.74, 6) is 1.41. The van der Waals surface area contributed by atoms with Crippen molar-refractivity contribution in [2.75, 3.05) is 17.3 Å². The van der Waals surface area contributed by atoms with Crippen molar-refractivity contribution in [1.82, 2.24) is 19.6 Å². The lowest BCUT2D eigenvalue weighted by molar-refractivity contribution is 0.388. The average molecular weight is 268 g/mol. The highest BCUT2D eigenvalue weighted by Crippen LogP contribution is 2.28. The van der Waals surface area contributed by atoms with Crippen LogP contribution in [-0.2, 0) is 0 Å². The monoisotopic (exact) mass is 267 g/mol. The Hall–Kier alpha value is -1.56. The molecule has 0 spiro atoms. The van der Waals surface area contributed by atoms with Gasteiger partial charge in [0.05, 0.1) is 0 Å². The molecule has 0 radical (unpaired) electrons. The van der Waals surface area contributed by atoms with Crippen LogP contribution in [-0.4, -0.2) is 38.0 Å². The highest BCUT2D eigenvalue weighted by molar-refractivity contribution is 6.18. The maximum absolute atomic E-state index is 11.4. The molecule has 1 aliphatic rings. The van der Waals surface area contributed by atoms with E-state index in [2.05, 4.69) is 20.1 Å². The van der Waals surface area contributed by atoms with Crippen molar-refractivity contribution in [3.05, 3.63) is 22.9 Å². The Balaban J connectivity index is 1.97. The number of alkyl halides is 1. The van der Waals surface area contributed by atoms with E-state index in [4.69, 9.17) is 11.6 Å². The van der Waals surface area contributed by atoms with Crippen molar-refractivity contribution >= 4 is 23.1 Å². The maximum Gasteiger partial charge on any atom is 0.348 e. The van der Waals surface area contributed by atoms with Gasteiger partial charge in [0.15, 0.2) is 5.65 Å². The van der Waals surface area contributed by atoms with Crippen molar-refractivity contribution in [2.24, 2.45) is 0 Å². The van der Waals surface area contributed by atoms with Crippen molar-refractivity contribution in [3.63, 3.8) is 0 Å². The SMILES string of the molecule is O=c1[nH]nc2cc(N(CCCl)C3CCC3)ncn12. The van der Waals surface area contributed by atoms with Gasteiger partial charge in [0.25, 0.3) is 0 Å². The molecule has 6 nitrogen and oxygen atoms in total. The van der Waals surface area contributed by atoms with E-state index in [-0.39, 0.29) is 5.69 Å². The Labute approximate surface area is 109 Å². The van der Waals surface area contributed by atoms with Gasteiger partial charge in [-0.05, 0) is 19.3 Å². The number of hydrogen-bond donors (Lipinski definition) is 1. The third kappa shape index (κ3) is 1.86. The van der Waals surface area contributed by atoms with Crippen LogP contribution < -0.4 is 10.6 Å². The van der Waals surface area contributed by atoms with Crippen molar-refractivity contribution in [1.29, 1.82) is 0 Å². The number of halogens is 1. The summed E-state index contributed by atoms with van der Waals surface area (Å²) < 4.78 is 1.39. The molecule has 2 aromatic heterocycles. The number of anilines is 1. The van der Waals surface area contributed by atoms with Crippen LogP contribution in [0.1, 0.15) is 19.3 Å². The normalized spacial score (nSPS) is 15.8. The molecule has 2 heterocycles. The molecule has 0 unspecified atom stereocenters. The minimum Gasteiger partial charge on any atom is -0.352 e. The number of nitrogens with one attached hydrogen (secondary N) is 1. The van der Waals surface area contributed by atoms with E-state index in [0.29, 0.717) is 17.6 Å². The second-order valence-electron chi connectivity index (χ2n) is 4.47. The third-order valence-electron chi connectivity index (χ3n) is 3.43. The molecule has 0 bridgehead atoms. The second kappa shape index (κ2) is 4.61. The van der Waals surface area contributed by atoms with E-state index < -0.39 is 0 Å². The molecule has 96 valence electrons. The number of aromatic amines is 1. The van der Waals surface area contributed by atoms with E-state index in [1.807, 2.05) is 6.07 Å². The Morgan fingerprint density at radius 1 is 1.56 bits per heavy atom. The molecule has 1 N–H and O–H groups in total. The van der Waals surface area contributed by atoms with Gasteiger partial charge in [-0.25, -0.2) is 19.3 Å². The van der Waals surface area contributed by atoms with Gasteiger partial charge in [-0.15, -0.1) is 11.6 Å². The highest BCUT2D eigenvalue weighted by Gasteiger charge is 2.25. The summed E-state index contributed by atoms with van der Waals surface area (Å²) in [6.45, 7) is 0.768. The maximum atomic E-state index is 11.4. The summed E-state index contributed by atoms with van der Waals surface area (Å²) in [7, 11) is 0. The molecule has 18 heavy (non-hydrogen) atoms. The van der Waals surface area contributed by atoms with Crippen LogP contribution in [0.2, 0.25) is 0 Å². The molecule has 0 aromatic carbocycles. The number of nitrogens with zero attached hydrogens (tertiary/aromatic N) is 4. The topological polar surface area (TPSA) is 66.3 Å². The summed E-state index contributed by atoms with van der Waals surface area (Å²) in [5.41, 5.74) is 0.320. The lowest BCUT2D eigenvalue weighted by Crippen LogP contribution is -2.42. The lowest BCUT2D eigenvalue weighted by atomic mass is 9.91. The minimum atomic E-state index is -0.267. The first-order chi connectivity index (χ1) is 8.79. The molecule has 3 rings (SSSR count). The summed E-state index contributed by atoms with van der Waals surface area (Å²) in [4.78, 5) is 17.9. The van der Waals surface area contributed by atoms with E-state index >= 15 is 0 Å². The molecule has 7 heteroatoms. The summed E-state index contributed by atoms with van der Waals surface area (Å²) in [5, 5.41) is 6.36. The summed E-state index contributed by atoms with van der Waals surface area (Å²) in [6.07, 6.45) is 5.12. The van der Waals surface area contributed by atoms with Crippen LogP contribution in [0.5, 0.6) is 0 Å². The number of fused-ring (bicyclic) bond motifs is 1. The Morgan fingerprint density at radius 2 is 2.39 bits per heavy atom. The molecular formula is C11H14ClN5O. The predicted octanol–water partition coefficient (Wildman–Crippen LogP) is 1.02. The summed E-state index contributed by atoms with van der Waals surface area (Å²) >= 11 is 5.85. The van der Waals surface area contributed by atoms with E-state index in [1.54, 1.807) is 0 Å². The Morgan fingerprint density at radius 3 is 3.06 bits per heavy atom. The number of hydrogen-bond acceptors (Lipinski definition) is 4. The standard InChI is InChI=1S/C11H14ClN5O/c12-4-5-16(8-2-1-3-8)9-6-10-14-15-11(18)17(10)7-13-9/h6-8H,1-5H2,(H,15,18). The Kier molecular flexibility index (Phi) is 2.95. The van der Waals surface area contributed by atoms with Gasteiger partial charge < -0.3 is 4.90 Å². The molecule has 2 aromatic rings. The molecule has 0 atom stereocenters. The van der Waals surface area contributed by atoms with E-state index in [0.717, 1.165) is 12.4 Å². The van der Waals surface area contributed by atoms with Crippen LogP contribution >= 0.6 is 11.6 Å². The van der Waals surface area contributed by atoms with Crippen LogP contribution in [0.4, 0.5) is 5.82 Å². The summed E-state index contributed by atoms with van der Waals surface area (Å²) in [6, 6.07) is 2.34. The van der Waals surface area contributed by atoms with Gasteiger partial charge in [0.1, 0.15) is 12.1 Å². The van der Waals surface area contributed by atoms with Gasteiger partial charge in [0, 0.05) is 24.5 Å². The van der Waals surface area contributed by atoms with Gasteiger partial charge in [-0.3, -0.25) is 0 Å². The van der Waals surface area contributed by atoms with Gasteiger partial charge >= 0.3 is 5.69 Å². The highest BCUT2D eigenvalue weighted by atomic mass is 35.5. The molecule has 1 aliphatic carbocycles. The lowest BCUT2D eigenvalue weighted by Gasteiger charge is -2.38. The van der Waals surface area contributed by atoms with Crippen molar-refractivity contribution < 1.29 is 0 Å². The van der Waals surface area contributed by atoms with Crippen molar-refractivity contribution in [2.45, 2.75) is 25.3 Å². The predicted molar refractivity (Wildman–Crippen MR) is 69.3 cm³/mol. The first-order valence-electron chi connectivity index (χ1n) is 6.05. The third-order valence-corrected chi connectivity index (χ3v) is 3.60. The molecule has 1 fully saturated rings. The fraction of sp³-hybridized carbons (Fsp3) is 0.545. The number of aromatic nitrogens is 4. The zero-order valence-electron chi connectivity index (χ0n) is 9.84.